The van der Waals surface area contributed by atoms with E-state index in [-0.39, 0.29) is 5.75 Å². The van der Waals surface area contributed by atoms with E-state index in [2.05, 4.69) is 10.0 Å². The molecule has 104 valence electrons. The second-order valence-corrected chi connectivity index (χ2v) is 4.40. The zero-order chi connectivity index (χ0) is 14.5. The molecule has 1 aromatic carbocycles. The number of hydrogen-bond donors (Lipinski definition) is 0. The SMILES string of the molecule is CCOc1cc(C(C)(C)N=[N+]=[N-])cc(F)c1OCC. The average molecular weight is 267 g/mol. The van der Waals surface area contributed by atoms with Crippen LogP contribution in [-0.2, 0) is 5.54 Å². The summed E-state index contributed by atoms with van der Waals surface area (Å²) in [6.07, 6.45) is 0. The minimum atomic E-state index is -0.855. The molecule has 0 saturated carbocycles. The van der Waals surface area contributed by atoms with Crippen molar-refractivity contribution in [3.05, 3.63) is 34.0 Å². The lowest BCUT2D eigenvalue weighted by Gasteiger charge is -2.21. The van der Waals surface area contributed by atoms with Gasteiger partial charge >= 0.3 is 0 Å². The zero-order valence-corrected chi connectivity index (χ0v) is 11.6. The van der Waals surface area contributed by atoms with E-state index >= 15 is 0 Å². The van der Waals surface area contributed by atoms with Crippen LogP contribution in [0, 0.1) is 5.82 Å². The van der Waals surface area contributed by atoms with Gasteiger partial charge in [0, 0.05) is 4.91 Å². The molecule has 0 radical (unpaired) electrons. The van der Waals surface area contributed by atoms with Crippen molar-refractivity contribution in [3.8, 4) is 11.5 Å². The fourth-order valence-electron chi connectivity index (χ4n) is 1.64. The third-order valence-electron chi connectivity index (χ3n) is 2.60. The van der Waals surface area contributed by atoms with Crippen molar-refractivity contribution in [2.45, 2.75) is 33.2 Å². The van der Waals surface area contributed by atoms with Crippen LogP contribution in [0.3, 0.4) is 0 Å². The highest BCUT2D eigenvalue weighted by Crippen LogP contribution is 2.36. The molecule has 19 heavy (non-hydrogen) atoms. The summed E-state index contributed by atoms with van der Waals surface area (Å²) in [4.78, 5) is 2.78. The largest absolute Gasteiger partial charge is 0.490 e. The van der Waals surface area contributed by atoms with E-state index in [1.54, 1.807) is 33.8 Å². The van der Waals surface area contributed by atoms with E-state index in [4.69, 9.17) is 15.0 Å². The molecule has 0 aliphatic heterocycles. The Morgan fingerprint density at radius 2 is 1.89 bits per heavy atom. The highest BCUT2D eigenvalue weighted by Gasteiger charge is 2.23. The molecular formula is C13H18FN3O2. The van der Waals surface area contributed by atoms with E-state index < -0.39 is 11.4 Å². The number of benzene rings is 1. The first-order valence-electron chi connectivity index (χ1n) is 6.12. The van der Waals surface area contributed by atoms with E-state index in [0.717, 1.165) is 0 Å². The molecule has 0 N–H and O–H groups in total. The lowest BCUT2D eigenvalue weighted by molar-refractivity contribution is 0.274. The Balaban J connectivity index is 3.34. The second kappa shape index (κ2) is 6.29. The van der Waals surface area contributed by atoms with Gasteiger partial charge in [0.05, 0.1) is 18.8 Å². The van der Waals surface area contributed by atoms with Crippen LogP contribution in [0.15, 0.2) is 17.2 Å². The van der Waals surface area contributed by atoms with Crippen LogP contribution in [0.1, 0.15) is 33.3 Å². The van der Waals surface area contributed by atoms with Gasteiger partial charge in [-0.25, -0.2) is 4.39 Å². The molecule has 5 nitrogen and oxygen atoms in total. The van der Waals surface area contributed by atoms with Gasteiger partial charge in [0.2, 0.25) is 0 Å². The maximum Gasteiger partial charge on any atom is 0.197 e. The van der Waals surface area contributed by atoms with Crippen LogP contribution < -0.4 is 9.47 Å². The van der Waals surface area contributed by atoms with Gasteiger partial charge in [0.1, 0.15) is 0 Å². The smallest absolute Gasteiger partial charge is 0.197 e. The van der Waals surface area contributed by atoms with Crippen LogP contribution in [0.2, 0.25) is 0 Å². The van der Waals surface area contributed by atoms with Gasteiger partial charge in [0.15, 0.2) is 17.3 Å². The van der Waals surface area contributed by atoms with Crippen molar-refractivity contribution in [3.63, 3.8) is 0 Å². The van der Waals surface area contributed by atoms with Crippen LogP contribution in [-0.4, -0.2) is 13.2 Å². The first-order valence-corrected chi connectivity index (χ1v) is 6.12. The monoisotopic (exact) mass is 267 g/mol. The summed E-state index contributed by atoms with van der Waals surface area (Å²) in [5, 5.41) is 3.66. The standard InChI is InChI=1S/C13H18FN3O2/c1-5-18-11-8-9(13(3,4)16-17-15)7-10(14)12(11)19-6-2/h7-8H,5-6H2,1-4H3. The lowest BCUT2D eigenvalue weighted by atomic mass is 9.95. The summed E-state index contributed by atoms with van der Waals surface area (Å²) in [7, 11) is 0. The lowest BCUT2D eigenvalue weighted by Crippen LogP contribution is -2.14. The van der Waals surface area contributed by atoms with Gasteiger partial charge in [0.25, 0.3) is 0 Å². The normalized spacial score (nSPS) is 10.8. The third kappa shape index (κ3) is 3.51. The molecule has 0 heterocycles. The number of ether oxygens (including phenoxy) is 2. The van der Waals surface area contributed by atoms with Gasteiger partial charge in [-0.2, -0.15) is 0 Å². The summed E-state index contributed by atoms with van der Waals surface area (Å²) in [6, 6.07) is 2.95. The Kier molecular flexibility index (Phi) is 5.01. The second-order valence-electron chi connectivity index (χ2n) is 4.40. The molecule has 0 aliphatic rings. The van der Waals surface area contributed by atoms with Crippen molar-refractivity contribution in [2.24, 2.45) is 5.11 Å². The Bertz CT molecular complexity index is 497. The molecule has 0 aromatic heterocycles. The van der Waals surface area contributed by atoms with Gasteiger partial charge in [-0.15, -0.1) is 0 Å². The summed E-state index contributed by atoms with van der Waals surface area (Å²) in [5.74, 6) is -0.116. The van der Waals surface area contributed by atoms with E-state index in [9.17, 15) is 4.39 Å². The maximum absolute atomic E-state index is 14.1. The molecule has 0 amide bonds. The summed E-state index contributed by atoms with van der Waals surface area (Å²) >= 11 is 0. The molecule has 6 heteroatoms. The number of nitrogens with zero attached hydrogens (tertiary/aromatic N) is 3. The van der Waals surface area contributed by atoms with E-state index in [1.165, 1.54) is 6.07 Å². The summed E-state index contributed by atoms with van der Waals surface area (Å²) in [6.45, 7) is 7.72. The molecule has 0 unspecified atom stereocenters. The Hall–Kier alpha value is -1.94. The van der Waals surface area contributed by atoms with Gasteiger partial charge in [-0.1, -0.05) is 19.0 Å². The Morgan fingerprint density at radius 3 is 2.42 bits per heavy atom. The van der Waals surface area contributed by atoms with Crippen LogP contribution >= 0.6 is 0 Å². The number of halogens is 1. The average Bonchev–Trinajstić information content (AvgIpc) is 2.33. The first kappa shape index (κ1) is 15.1. The molecule has 1 aromatic rings. The number of azide groups is 1. The summed E-state index contributed by atoms with van der Waals surface area (Å²) < 4.78 is 24.7. The maximum atomic E-state index is 14.1. The quantitative estimate of drug-likeness (QED) is 0.441. The van der Waals surface area contributed by atoms with Gasteiger partial charge < -0.3 is 9.47 Å². The number of rotatable bonds is 6. The predicted octanol–water partition coefficient (Wildman–Crippen LogP) is 4.17. The van der Waals surface area contributed by atoms with Crippen molar-refractivity contribution >= 4 is 0 Å². The minimum absolute atomic E-state index is 0.0878. The van der Waals surface area contributed by atoms with Crippen LogP contribution in [0.25, 0.3) is 10.4 Å². The molecule has 0 atom stereocenters. The Morgan fingerprint density at radius 1 is 1.26 bits per heavy atom. The number of hydrogen-bond acceptors (Lipinski definition) is 3. The highest BCUT2D eigenvalue weighted by molar-refractivity contribution is 5.46. The molecule has 0 spiro atoms. The van der Waals surface area contributed by atoms with Crippen molar-refractivity contribution in [2.75, 3.05) is 13.2 Å². The summed E-state index contributed by atoms with van der Waals surface area (Å²) in [5.41, 5.74) is 8.23. The van der Waals surface area contributed by atoms with Crippen molar-refractivity contribution in [1.82, 2.24) is 0 Å². The molecule has 0 aliphatic carbocycles. The van der Waals surface area contributed by atoms with Crippen LogP contribution in [0.4, 0.5) is 4.39 Å². The van der Waals surface area contributed by atoms with Crippen LogP contribution in [0.5, 0.6) is 11.5 Å². The fraction of sp³-hybridized carbons (Fsp3) is 0.538. The Labute approximate surface area is 112 Å². The molecular weight excluding hydrogens is 249 g/mol. The molecule has 1 rings (SSSR count). The topological polar surface area (TPSA) is 67.2 Å². The molecule has 0 saturated heterocycles. The minimum Gasteiger partial charge on any atom is -0.490 e. The van der Waals surface area contributed by atoms with Crippen molar-refractivity contribution in [1.29, 1.82) is 0 Å². The van der Waals surface area contributed by atoms with E-state index in [0.29, 0.717) is 24.5 Å². The molecule has 0 bridgehead atoms. The first-order chi connectivity index (χ1) is 8.96. The zero-order valence-electron chi connectivity index (χ0n) is 11.6. The molecule has 0 fully saturated rings. The fourth-order valence-corrected chi connectivity index (χ4v) is 1.64. The van der Waals surface area contributed by atoms with Crippen molar-refractivity contribution < 1.29 is 13.9 Å². The van der Waals surface area contributed by atoms with Gasteiger partial charge in [-0.05, 0) is 37.1 Å². The van der Waals surface area contributed by atoms with E-state index in [1.807, 2.05) is 0 Å². The highest BCUT2D eigenvalue weighted by atomic mass is 19.1. The van der Waals surface area contributed by atoms with Gasteiger partial charge in [-0.3, -0.25) is 0 Å². The third-order valence-corrected chi connectivity index (χ3v) is 2.60. The predicted molar refractivity (Wildman–Crippen MR) is 70.9 cm³/mol.